The maximum Gasteiger partial charge on any atom is 0.246 e. The summed E-state index contributed by atoms with van der Waals surface area (Å²) in [4.78, 5) is 17.9. The topological polar surface area (TPSA) is 65.5 Å². The van der Waals surface area contributed by atoms with Gasteiger partial charge in [-0.3, -0.25) is 9.78 Å². The molecule has 0 unspecified atom stereocenters. The first kappa shape index (κ1) is 18.2. The average Bonchev–Trinajstić information content (AvgIpc) is 2.74. The lowest BCUT2D eigenvalue weighted by Gasteiger charge is -2.39. The van der Waals surface area contributed by atoms with Gasteiger partial charge in [0.05, 0.1) is 17.9 Å². The van der Waals surface area contributed by atoms with Crippen LogP contribution in [0.2, 0.25) is 0 Å². The number of amides is 1. The summed E-state index contributed by atoms with van der Waals surface area (Å²) >= 11 is 0. The van der Waals surface area contributed by atoms with Crippen LogP contribution >= 0.6 is 0 Å². The van der Waals surface area contributed by atoms with E-state index in [9.17, 15) is 9.90 Å². The Kier molecular flexibility index (Phi) is 4.36. The van der Waals surface area contributed by atoms with Crippen molar-refractivity contribution >= 4 is 33.1 Å². The van der Waals surface area contributed by atoms with Crippen LogP contribution in [0.15, 0.2) is 79.6 Å². The molecule has 30 heavy (non-hydrogen) atoms. The highest BCUT2D eigenvalue weighted by atomic mass is 16.3. The summed E-state index contributed by atoms with van der Waals surface area (Å²) in [6.07, 6.45) is 5.04. The maximum absolute atomic E-state index is 11.7. The lowest BCUT2D eigenvalue weighted by molar-refractivity contribution is -0.129. The molecule has 2 heterocycles. The van der Waals surface area contributed by atoms with Crippen LogP contribution < -0.4 is 5.32 Å². The van der Waals surface area contributed by atoms with Gasteiger partial charge in [0.1, 0.15) is 5.75 Å². The van der Waals surface area contributed by atoms with Gasteiger partial charge in [-0.05, 0) is 40.1 Å². The summed E-state index contributed by atoms with van der Waals surface area (Å²) in [5, 5.41) is 17.9. The Morgan fingerprint density at radius 2 is 1.83 bits per heavy atom. The van der Waals surface area contributed by atoms with Gasteiger partial charge in [-0.2, -0.15) is 0 Å². The van der Waals surface area contributed by atoms with E-state index >= 15 is 0 Å². The van der Waals surface area contributed by atoms with Crippen LogP contribution in [0.3, 0.4) is 0 Å². The number of phenols is 1. The molecule has 0 radical (unpaired) electrons. The third-order valence-electron chi connectivity index (χ3n) is 5.67. The summed E-state index contributed by atoms with van der Waals surface area (Å²) in [5.74, 6) is 0.200. The molecule has 0 saturated carbocycles. The van der Waals surface area contributed by atoms with Crippen LogP contribution in [0, 0.1) is 0 Å². The summed E-state index contributed by atoms with van der Waals surface area (Å²) in [7, 11) is 0. The van der Waals surface area contributed by atoms with Crippen LogP contribution in [0.4, 0.5) is 5.69 Å². The monoisotopic (exact) mass is 395 g/mol. The summed E-state index contributed by atoms with van der Waals surface area (Å²) in [5.41, 5.74) is 2.93. The lowest BCUT2D eigenvalue weighted by atomic mass is 9.94. The van der Waals surface area contributed by atoms with Gasteiger partial charge in [0.25, 0.3) is 0 Å². The zero-order valence-corrected chi connectivity index (χ0v) is 16.4. The van der Waals surface area contributed by atoms with Crippen LogP contribution in [-0.2, 0) is 4.79 Å². The molecular formula is C25H21N3O2. The first-order valence-corrected chi connectivity index (χ1v) is 9.91. The molecule has 1 aliphatic rings. The SMILES string of the molecule is C=CC(=O)N1CC(Nc2cncc3c(-c4cc(O)cc5ccccc45)cccc23)C1. The number of hydrogen-bond donors (Lipinski definition) is 2. The molecule has 1 aliphatic heterocycles. The maximum atomic E-state index is 11.7. The number of phenolic OH excluding ortho intramolecular Hbond substituents is 1. The molecule has 148 valence electrons. The molecule has 5 nitrogen and oxygen atoms in total. The van der Waals surface area contributed by atoms with Gasteiger partial charge >= 0.3 is 0 Å². The van der Waals surface area contributed by atoms with Crippen molar-refractivity contribution in [3.63, 3.8) is 0 Å². The van der Waals surface area contributed by atoms with Crippen molar-refractivity contribution in [3.8, 4) is 16.9 Å². The van der Waals surface area contributed by atoms with E-state index in [0.717, 1.165) is 38.4 Å². The van der Waals surface area contributed by atoms with Crippen molar-refractivity contribution in [2.24, 2.45) is 0 Å². The number of benzene rings is 3. The standard InChI is InChI=1S/C25H21N3O2/c1-2-25(30)28-14-17(15-28)27-24-13-26-12-23-20(8-5-9-21(23)24)22-11-18(29)10-16-6-3-4-7-19(16)22/h2-13,17,27,29H,1,14-15H2. The number of hydrogen-bond acceptors (Lipinski definition) is 4. The average molecular weight is 395 g/mol. The van der Waals surface area contributed by atoms with E-state index in [4.69, 9.17) is 0 Å². The van der Waals surface area contributed by atoms with Gasteiger partial charge in [0, 0.05) is 30.1 Å². The first-order valence-electron chi connectivity index (χ1n) is 9.91. The molecule has 4 aromatic rings. The second kappa shape index (κ2) is 7.19. The van der Waals surface area contributed by atoms with Crippen molar-refractivity contribution in [2.75, 3.05) is 18.4 Å². The molecular weight excluding hydrogens is 374 g/mol. The largest absolute Gasteiger partial charge is 0.508 e. The lowest BCUT2D eigenvalue weighted by Crippen LogP contribution is -2.56. The van der Waals surface area contributed by atoms with E-state index < -0.39 is 0 Å². The molecule has 1 fully saturated rings. The Morgan fingerprint density at radius 3 is 2.67 bits per heavy atom. The Morgan fingerprint density at radius 1 is 1.03 bits per heavy atom. The first-order chi connectivity index (χ1) is 14.6. The van der Waals surface area contributed by atoms with Gasteiger partial charge in [0.15, 0.2) is 0 Å². The summed E-state index contributed by atoms with van der Waals surface area (Å²) < 4.78 is 0. The quantitative estimate of drug-likeness (QED) is 0.497. The number of likely N-dealkylation sites (tertiary alicyclic amines) is 1. The molecule has 3 aromatic carbocycles. The van der Waals surface area contributed by atoms with E-state index in [1.54, 1.807) is 11.0 Å². The van der Waals surface area contributed by atoms with Crippen LogP contribution in [0.5, 0.6) is 5.75 Å². The number of aromatic nitrogens is 1. The fourth-order valence-corrected chi connectivity index (χ4v) is 4.16. The van der Waals surface area contributed by atoms with Gasteiger partial charge in [0.2, 0.25) is 5.91 Å². The molecule has 1 amide bonds. The molecule has 5 rings (SSSR count). The minimum atomic E-state index is -0.0397. The zero-order valence-electron chi connectivity index (χ0n) is 16.4. The highest BCUT2D eigenvalue weighted by Crippen LogP contribution is 2.38. The molecule has 2 N–H and O–H groups in total. The van der Waals surface area contributed by atoms with Crippen molar-refractivity contribution in [1.29, 1.82) is 0 Å². The zero-order chi connectivity index (χ0) is 20.7. The number of nitrogens with one attached hydrogen (secondary N) is 1. The number of fused-ring (bicyclic) bond motifs is 2. The van der Waals surface area contributed by atoms with Crippen LogP contribution in [0.25, 0.3) is 32.7 Å². The highest BCUT2D eigenvalue weighted by Gasteiger charge is 2.29. The summed E-state index contributed by atoms with van der Waals surface area (Å²) in [6.45, 7) is 4.84. The van der Waals surface area contributed by atoms with Gasteiger partial charge in [-0.25, -0.2) is 0 Å². The minimum Gasteiger partial charge on any atom is -0.508 e. The molecule has 1 saturated heterocycles. The molecule has 0 atom stereocenters. The van der Waals surface area contributed by atoms with Gasteiger partial charge in [-0.1, -0.05) is 49.0 Å². The number of nitrogens with zero attached hydrogens (tertiary/aromatic N) is 2. The van der Waals surface area contributed by atoms with E-state index in [0.29, 0.717) is 13.1 Å². The van der Waals surface area contributed by atoms with E-state index in [2.05, 4.69) is 35.1 Å². The smallest absolute Gasteiger partial charge is 0.246 e. The fraction of sp³-hybridized carbons (Fsp3) is 0.120. The molecule has 0 bridgehead atoms. The second-order valence-corrected chi connectivity index (χ2v) is 7.59. The number of aromatic hydroxyl groups is 1. The van der Waals surface area contributed by atoms with Crippen molar-refractivity contribution in [2.45, 2.75) is 6.04 Å². The normalized spacial score (nSPS) is 13.9. The molecule has 1 aromatic heterocycles. The van der Waals surface area contributed by atoms with Crippen LogP contribution in [0.1, 0.15) is 0 Å². The fourth-order valence-electron chi connectivity index (χ4n) is 4.16. The minimum absolute atomic E-state index is 0.0397. The highest BCUT2D eigenvalue weighted by molar-refractivity contribution is 6.08. The number of carbonyl (C=O) groups is 1. The van der Waals surface area contributed by atoms with Crippen LogP contribution in [-0.4, -0.2) is 40.0 Å². The van der Waals surface area contributed by atoms with Crippen molar-refractivity contribution in [3.05, 3.63) is 79.6 Å². The van der Waals surface area contributed by atoms with E-state index in [1.165, 1.54) is 6.08 Å². The molecule has 0 aliphatic carbocycles. The van der Waals surface area contributed by atoms with Gasteiger partial charge < -0.3 is 15.3 Å². The van der Waals surface area contributed by atoms with E-state index in [-0.39, 0.29) is 17.7 Å². The Bertz CT molecular complexity index is 1290. The molecule has 0 spiro atoms. The Labute approximate surface area is 174 Å². The number of pyridine rings is 1. The van der Waals surface area contributed by atoms with Gasteiger partial charge in [-0.15, -0.1) is 0 Å². The van der Waals surface area contributed by atoms with E-state index in [1.807, 2.05) is 42.7 Å². The predicted molar refractivity (Wildman–Crippen MR) is 121 cm³/mol. The predicted octanol–water partition coefficient (Wildman–Crippen LogP) is 4.57. The number of rotatable bonds is 4. The third-order valence-corrected chi connectivity index (χ3v) is 5.67. The molecule has 5 heteroatoms. The Balaban J connectivity index is 1.56. The van der Waals surface area contributed by atoms with Crippen molar-refractivity contribution in [1.82, 2.24) is 9.88 Å². The number of anilines is 1. The Hall–Kier alpha value is -3.86. The summed E-state index contributed by atoms with van der Waals surface area (Å²) in [6, 6.07) is 18.0. The third kappa shape index (κ3) is 3.05. The second-order valence-electron chi connectivity index (χ2n) is 7.59. The van der Waals surface area contributed by atoms with Crippen molar-refractivity contribution < 1.29 is 9.90 Å². The number of carbonyl (C=O) groups excluding carboxylic acids is 1.